The van der Waals surface area contributed by atoms with Crippen LogP contribution >= 0.6 is 0 Å². The molecule has 0 saturated carbocycles. The van der Waals surface area contributed by atoms with Gasteiger partial charge in [-0.3, -0.25) is 0 Å². The molecule has 0 unspecified atom stereocenters. The van der Waals surface area contributed by atoms with Crippen molar-refractivity contribution in [3.8, 4) is 0 Å². The molecule has 0 spiro atoms. The number of sulfone groups is 2. The third kappa shape index (κ3) is 4.12. The van der Waals surface area contributed by atoms with Gasteiger partial charge in [0, 0.05) is 31.7 Å². The van der Waals surface area contributed by atoms with Crippen molar-refractivity contribution in [2.75, 3.05) is 24.5 Å². The van der Waals surface area contributed by atoms with Gasteiger partial charge in [0.1, 0.15) is 5.82 Å². The Balaban J connectivity index is 2.51. The maximum Gasteiger partial charge on any atom is 0.177 e. The first kappa shape index (κ1) is 18.4. The number of nitrogens with zero attached hydrogens (tertiary/aromatic N) is 1. The fourth-order valence-electron chi connectivity index (χ4n) is 2.30. The minimum atomic E-state index is -3.66. The quantitative estimate of drug-likeness (QED) is 0.806. The van der Waals surface area contributed by atoms with E-state index in [4.69, 9.17) is 0 Å². The molecule has 0 N–H and O–H groups in total. The number of anilines is 1. The highest BCUT2D eigenvalue weighted by atomic mass is 32.2. The Hall–Kier alpha value is -1.93. The van der Waals surface area contributed by atoms with Gasteiger partial charge in [0.15, 0.2) is 19.7 Å². The maximum absolute atomic E-state index is 13.8. The van der Waals surface area contributed by atoms with Gasteiger partial charge in [0.2, 0.25) is 0 Å². The summed E-state index contributed by atoms with van der Waals surface area (Å²) in [5, 5.41) is 0. The van der Waals surface area contributed by atoms with Crippen molar-refractivity contribution in [1.29, 1.82) is 0 Å². The van der Waals surface area contributed by atoms with Gasteiger partial charge in [0.05, 0.1) is 15.5 Å². The van der Waals surface area contributed by atoms with Crippen LogP contribution in [-0.4, -0.2) is 36.4 Å². The first-order valence-corrected chi connectivity index (χ1v) is 10.8. The zero-order valence-electron chi connectivity index (χ0n) is 13.5. The molecule has 8 heteroatoms. The lowest BCUT2D eigenvalue weighted by Crippen LogP contribution is -2.20. The van der Waals surface area contributed by atoms with Gasteiger partial charge in [0.25, 0.3) is 0 Å². The highest BCUT2D eigenvalue weighted by Gasteiger charge is 2.20. The second-order valence-corrected chi connectivity index (χ2v) is 9.62. The Bertz CT molecular complexity index is 969. The number of hydrogen-bond acceptors (Lipinski definition) is 5. The summed E-state index contributed by atoms with van der Waals surface area (Å²) in [6.07, 6.45) is 2.02. The van der Waals surface area contributed by atoms with Crippen molar-refractivity contribution >= 4 is 25.4 Å². The molecule has 0 radical (unpaired) electrons. The highest BCUT2D eigenvalue weighted by Crippen LogP contribution is 2.28. The minimum Gasteiger partial charge on any atom is -0.369 e. The molecule has 0 aliphatic rings. The molecule has 0 bridgehead atoms. The zero-order chi connectivity index (χ0) is 18.1. The van der Waals surface area contributed by atoms with E-state index in [2.05, 4.69) is 0 Å². The molecule has 0 heterocycles. The van der Waals surface area contributed by atoms with Crippen LogP contribution in [-0.2, 0) is 26.2 Å². The van der Waals surface area contributed by atoms with Crippen LogP contribution in [0.1, 0.15) is 5.56 Å². The summed E-state index contributed by atoms with van der Waals surface area (Å²) in [7, 11) is -5.58. The van der Waals surface area contributed by atoms with Crippen LogP contribution in [0.3, 0.4) is 0 Å². The van der Waals surface area contributed by atoms with E-state index < -0.39 is 25.5 Å². The average molecular weight is 371 g/mol. The van der Waals surface area contributed by atoms with Gasteiger partial charge >= 0.3 is 0 Å². The van der Waals surface area contributed by atoms with Crippen molar-refractivity contribution in [2.24, 2.45) is 0 Å². The summed E-state index contributed by atoms with van der Waals surface area (Å²) in [6, 6.07) is 10.1. The van der Waals surface area contributed by atoms with E-state index in [0.717, 1.165) is 18.6 Å². The van der Waals surface area contributed by atoms with Gasteiger partial charge in [-0.05, 0) is 24.3 Å². The molecular weight excluding hydrogens is 353 g/mol. The van der Waals surface area contributed by atoms with Crippen LogP contribution in [0.2, 0.25) is 0 Å². The van der Waals surface area contributed by atoms with Crippen LogP contribution < -0.4 is 4.90 Å². The summed E-state index contributed by atoms with van der Waals surface area (Å²) < 4.78 is 61.3. The predicted molar refractivity (Wildman–Crippen MR) is 91.2 cm³/mol. The lowest BCUT2D eigenvalue weighted by molar-refractivity contribution is 0.599. The highest BCUT2D eigenvalue weighted by molar-refractivity contribution is 7.91. The van der Waals surface area contributed by atoms with Gasteiger partial charge in [-0.15, -0.1) is 0 Å². The summed E-state index contributed by atoms with van der Waals surface area (Å²) in [4.78, 5) is 1.39. The van der Waals surface area contributed by atoms with Crippen molar-refractivity contribution < 1.29 is 21.2 Å². The van der Waals surface area contributed by atoms with E-state index in [-0.39, 0.29) is 16.3 Å². The molecule has 130 valence electrons. The normalized spacial score (nSPS) is 12.2. The third-order valence-electron chi connectivity index (χ3n) is 3.54. The average Bonchev–Trinajstić information content (AvgIpc) is 2.47. The fourth-order valence-corrected chi connectivity index (χ4v) is 3.97. The number of rotatable bonds is 5. The maximum atomic E-state index is 13.8. The van der Waals surface area contributed by atoms with Crippen molar-refractivity contribution in [3.05, 3.63) is 53.8 Å². The van der Waals surface area contributed by atoms with E-state index in [1.54, 1.807) is 30.1 Å². The van der Waals surface area contributed by atoms with Crippen molar-refractivity contribution in [1.82, 2.24) is 0 Å². The Kier molecular flexibility index (Phi) is 5.00. The Morgan fingerprint density at radius 2 is 1.58 bits per heavy atom. The summed E-state index contributed by atoms with van der Waals surface area (Å²) in [5.41, 5.74) is 0.722. The van der Waals surface area contributed by atoms with E-state index in [9.17, 15) is 21.2 Å². The molecule has 0 amide bonds. The van der Waals surface area contributed by atoms with E-state index in [0.29, 0.717) is 11.3 Å². The second-order valence-electron chi connectivity index (χ2n) is 5.62. The van der Waals surface area contributed by atoms with Crippen LogP contribution in [0.4, 0.5) is 10.1 Å². The minimum absolute atomic E-state index is 0.0778. The van der Waals surface area contributed by atoms with E-state index >= 15 is 0 Å². The van der Waals surface area contributed by atoms with Crippen molar-refractivity contribution in [3.63, 3.8) is 0 Å². The molecule has 0 fully saturated rings. The molecule has 0 saturated heterocycles. The second kappa shape index (κ2) is 6.52. The zero-order valence-corrected chi connectivity index (χ0v) is 15.2. The molecule has 24 heavy (non-hydrogen) atoms. The lowest BCUT2D eigenvalue weighted by atomic mass is 10.2. The van der Waals surface area contributed by atoms with E-state index in [1.807, 2.05) is 0 Å². The summed E-state index contributed by atoms with van der Waals surface area (Å²) >= 11 is 0. The van der Waals surface area contributed by atoms with Crippen LogP contribution in [0.25, 0.3) is 0 Å². The predicted octanol–water partition coefficient (Wildman–Crippen LogP) is 2.27. The Morgan fingerprint density at radius 3 is 2.12 bits per heavy atom. The molecule has 0 aromatic heterocycles. The van der Waals surface area contributed by atoms with Crippen molar-refractivity contribution in [2.45, 2.75) is 16.3 Å². The molecule has 2 aromatic carbocycles. The number of hydrogen-bond donors (Lipinski definition) is 0. The molecule has 5 nitrogen and oxygen atoms in total. The molecular formula is C16H18FNO4S2. The summed E-state index contributed by atoms with van der Waals surface area (Å²) in [5.74, 6) is -0.391. The number of halogens is 1. The summed E-state index contributed by atoms with van der Waals surface area (Å²) in [6.45, 7) is 0.146. The standard InChI is InChI=1S/C16H18FNO4S2/c1-18(11-12-6-4-5-7-14(12)17)15-9-8-13(23(2,19)20)10-16(15)24(3,21)22/h4-10H,11H2,1-3H3. The first-order valence-electron chi connectivity index (χ1n) is 6.99. The lowest BCUT2D eigenvalue weighted by Gasteiger charge is -2.22. The van der Waals surface area contributed by atoms with Crippen LogP contribution in [0.15, 0.2) is 52.3 Å². The van der Waals surface area contributed by atoms with Gasteiger partial charge in [-0.2, -0.15) is 0 Å². The fraction of sp³-hybridized carbons (Fsp3) is 0.250. The molecule has 0 atom stereocenters. The third-order valence-corrected chi connectivity index (χ3v) is 5.77. The topological polar surface area (TPSA) is 71.5 Å². The van der Waals surface area contributed by atoms with Crippen LogP contribution in [0, 0.1) is 5.82 Å². The largest absolute Gasteiger partial charge is 0.369 e. The smallest absolute Gasteiger partial charge is 0.177 e. The molecule has 2 rings (SSSR count). The number of benzene rings is 2. The SMILES string of the molecule is CN(Cc1ccccc1F)c1ccc(S(C)(=O)=O)cc1S(C)(=O)=O. The molecule has 0 aliphatic heterocycles. The molecule has 2 aromatic rings. The Morgan fingerprint density at radius 1 is 0.958 bits per heavy atom. The van der Waals surface area contributed by atoms with Gasteiger partial charge < -0.3 is 4.90 Å². The monoisotopic (exact) mass is 371 g/mol. The van der Waals surface area contributed by atoms with Gasteiger partial charge in [-0.1, -0.05) is 18.2 Å². The Labute approximate surface area is 141 Å². The molecule has 0 aliphatic carbocycles. The van der Waals surface area contributed by atoms with Gasteiger partial charge in [-0.25, -0.2) is 21.2 Å². The van der Waals surface area contributed by atoms with E-state index in [1.165, 1.54) is 18.2 Å². The van der Waals surface area contributed by atoms with Crippen LogP contribution in [0.5, 0.6) is 0 Å². The first-order chi connectivity index (χ1) is 11.0.